The molecule has 0 spiro atoms. The molecule has 30 heavy (non-hydrogen) atoms. The Labute approximate surface area is 180 Å². The van der Waals surface area contributed by atoms with Crippen LogP contribution in [0.5, 0.6) is 5.75 Å². The van der Waals surface area contributed by atoms with Gasteiger partial charge in [0.25, 0.3) is 5.91 Å². The lowest BCUT2D eigenvalue weighted by Crippen LogP contribution is -2.48. The zero-order chi connectivity index (χ0) is 20.5. The Bertz CT molecular complexity index is 1060. The minimum absolute atomic E-state index is 0.105. The van der Waals surface area contributed by atoms with Crippen molar-refractivity contribution in [1.29, 1.82) is 0 Å². The highest BCUT2D eigenvalue weighted by Gasteiger charge is 2.27. The van der Waals surface area contributed by atoms with Crippen molar-refractivity contribution >= 4 is 17.2 Å². The number of aryl methyl sites for hydroxylation is 1. The molecule has 2 aliphatic rings. The molecule has 2 aliphatic heterocycles. The summed E-state index contributed by atoms with van der Waals surface area (Å²) in [6, 6.07) is 16.5. The lowest BCUT2D eigenvalue weighted by molar-refractivity contribution is 0.0633. The first kappa shape index (κ1) is 19.3. The van der Waals surface area contributed by atoms with Gasteiger partial charge < -0.3 is 9.64 Å². The van der Waals surface area contributed by atoms with Crippen molar-refractivity contribution in [2.24, 2.45) is 0 Å². The fraction of sp³-hybridized carbons (Fsp3) is 0.333. The lowest BCUT2D eigenvalue weighted by atomic mass is 10.1. The normalized spacial score (nSPS) is 16.4. The molecule has 1 aromatic heterocycles. The molecule has 5 nitrogen and oxygen atoms in total. The molecule has 1 fully saturated rings. The van der Waals surface area contributed by atoms with E-state index < -0.39 is 0 Å². The average molecular weight is 420 g/mol. The number of hydrogen-bond acceptors (Lipinski definition) is 5. The predicted molar refractivity (Wildman–Crippen MR) is 119 cm³/mol. The number of thiazole rings is 1. The molecule has 0 N–H and O–H groups in total. The molecule has 6 heteroatoms. The Kier molecular flexibility index (Phi) is 5.27. The van der Waals surface area contributed by atoms with Gasteiger partial charge in [-0.25, -0.2) is 4.98 Å². The number of carbonyl (C=O) groups is 1. The molecule has 0 atom stereocenters. The van der Waals surface area contributed by atoms with Crippen LogP contribution in [0.1, 0.15) is 25.8 Å². The van der Waals surface area contributed by atoms with Crippen molar-refractivity contribution in [3.8, 4) is 17.0 Å². The number of benzene rings is 2. The van der Waals surface area contributed by atoms with Gasteiger partial charge in [-0.2, -0.15) is 0 Å². The van der Waals surface area contributed by atoms with Crippen LogP contribution in [0.15, 0.2) is 48.5 Å². The van der Waals surface area contributed by atoms with E-state index in [9.17, 15) is 4.79 Å². The molecule has 1 amide bonds. The van der Waals surface area contributed by atoms with Crippen molar-refractivity contribution in [3.63, 3.8) is 0 Å². The third-order valence-corrected chi connectivity index (χ3v) is 6.75. The molecule has 3 heterocycles. The van der Waals surface area contributed by atoms with Gasteiger partial charge in [-0.05, 0) is 24.1 Å². The van der Waals surface area contributed by atoms with Crippen molar-refractivity contribution < 1.29 is 9.53 Å². The number of fused-ring (bicyclic) bond motifs is 1. The third kappa shape index (κ3) is 3.85. The lowest BCUT2D eigenvalue weighted by Gasteiger charge is -2.34. The van der Waals surface area contributed by atoms with E-state index in [0.29, 0.717) is 0 Å². The fourth-order valence-corrected chi connectivity index (χ4v) is 5.12. The Morgan fingerprint density at radius 2 is 1.90 bits per heavy atom. The van der Waals surface area contributed by atoms with Crippen molar-refractivity contribution in [2.75, 3.05) is 32.8 Å². The van der Waals surface area contributed by atoms with Crippen LogP contribution in [0.2, 0.25) is 0 Å². The molecule has 0 aliphatic carbocycles. The van der Waals surface area contributed by atoms with Crippen molar-refractivity contribution in [2.45, 2.75) is 19.9 Å². The highest BCUT2D eigenvalue weighted by Crippen LogP contribution is 2.30. The maximum absolute atomic E-state index is 13.3. The smallest absolute Gasteiger partial charge is 0.266 e. The van der Waals surface area contributed by atoms with E-state index in [-0.39, 0.29) is 5.91 Å². The largest absolute Gasteiger partial charge is 0.493 e. The average Bonchev–Trinajstić information content (AvgIpc) is 3.40. The summed E-state index contributed by atoms with van der Waals surface area (Å²) in [5, 5.41) is 0.927. The van der Waals surface area contributed by atoms with Crippen LogP contribution in [-0.2, 0) is 13.0 Å². The summed E-state index contributed by atoms with van der Waals surface area (Å²) >= 11 is 1.50. The van der Waals surface area contributed by atoms with E-state index in [1.54, 1.807) is 0 Å². The van der Waals surface area contributed by atoms with Crippen LogP contribution in [0.3, 0.4) is 0 Å². The summed E-state index contributed by atoms with van der Waals surface area (Å²) in [6.45, 7) is 6.95. The fourth-order valence-electron chi connectivity index (χ4n) is 4.21. The molecule has 0 saturated carbocycles. The van der Waals surface area contributed by atoms with Gasteiger partial charge in [0, 0.05) is 44.7 Å². The van der Waals surface area contributed by atoms with Gasteiger partial charge in [0.05, 0.1) is 17.3 Å². The van der Waals surface area contributed by atoms with E-state index in [0.717, 1.165) is 72.6 Å². The highest BCUT2D eigenvalue weighted by molar-refractivity contribution is 7.14. The molecule has 3 aromatic rings. The summed E-state index contributed by atoms with van der Waals surface area (Å²) in [4.78, 5) is 23.1. The van der Waals surface area contributed by atoms with Crippen LogP contribution in [0.25, 0.3) is 11.3 Å². The number of piperazine rings is 1. The van der Waals surface area contributed by atoms with E-state index in [1.807, 2.05) is 42.2 Å². The van der Waals surface area contributed by atoms with E-state index in [4.69, 9.17) is 4.74 Å². The molecule has 0 radical (unpaired) electrons. The predicted octanol–water partition coefficient (Wildman–Crippen LogP) is 4.01. The summed E-state index contributed by atoms with van der Waals surface area (Å²) in [6.07, 6.45) is 1.00. The van der Waals surface area contributed by atoms with Crippen LogP contribution in [0, 0.1) is 6.92 Å². The molecule has 2 aromatic carbocycles. The first-order chi connectivity index (χ1) is 14.7. The Morgan fingerprint density at radius 3 is 2.70 bits per heavy atom. The molecule has 0 unspecified atom stereocenters. The first-order valence-corrected chi connectivity index (χ1v) is 11.3. The summed E-state index contributed by atoms with van der Waals surface area (Å²) in [5.41, 5.74) is 4.45. The van der Waals surface area contributed by atoms with Gasteiger partial charge in [-0.15, -0.1) is 11.3 Å². The molecule has 5 rings (SSSR count). The number of rotatable bonds is 4. The number of ether oxygens (including phenoxy) is 1. The summed E-state index contributed by atoms with van der Waals surface area (Å²) < 4.78 is 5.61. The second-order valence-electron chi connectivity index (χ2n) is 7.89. The zero-order valence-corrected chi connectivity index (χ0v) is 18.0. The van der Waals surface area contributed by atoms with Crippen molar-refractivity contribution in [3.05, 3.63) is 69.5 Å². The monoisotopic (exact) mass is 419 g/mol. The molecule has 1 saturated heterocycles. The second kappa shape index (κ2) is 8.20. The minimum atomic E-state index is 0.105. The zero-order valence-electron chi connectivity index (χ0n) is 17.1. The summed E-state index contributed by atoms with van der Waals surface area (Å²) in [5.74, 6) is 1.14. The minimum Gasteiger partial charge on any atom is -0.493 e. The number of amides is 1. The van der Waals surface area contributed by atoms with Crippen LogP contribution >= 0.6 is 11.3 Å². The standard InChI is InChI=1S/C24H25N3O2S/c1-17-25-22(19-5-3-2-4-6-19)23(30-17)24(28)27-12-10-26(11-13-27)16-18-7-8-21-20(15-18)9-14-29-21/h2-8,15H,9-14,16H2,1H3. The van der Waals surface area contributed by atoms with Gasteiger partial charge in [0.1, 0.15) is 10.6 Å². The van der Waals surface area contributed by atoms with Crippen LogP contribution in [0.4, 0.5) is 0 Å². The van der Waals surface area contributed by atoms with Crippen LogP contribution in [-0.4, -0.2) is 53.5 Å². The molecular formula is C24H25N3O2S. The van der Waals surface area contributed by atoms with Gasteiger partial charge in [-0.1, -0.05) is 42.5 Å². The number of aromatic nitrogens is 1. The Balaban J connectivity index is 1.24. The van der Waals surface area contributed by atoms with Gasteiger partial charge in [-0.3, -0.25) is 9.69 Å². The molecule has 154 valence electrons. The number of carbonyl (C=O) groups excluding carboxylic acids is 1. The quantitative estimate of drug-likeness (QED) is 0.641. The van der Waals surface area contributed by atoms with Gasteiger partial charge in [0.2, 0.25) is 0 Å². The second-order valence-corrected chi connectivity index (χ2v) is 9.09. The molecule has 0 bridgehead atoms. The maximum Gasteiger partial charge on any atom is 0.266 e. The van der Waals surface area contributed by atoms with E-state index in [1.165, 1.54) is 22.5 Å². The Hall–Kier alpha value is -2.70. The van der Waals surface area contributed by atoms with Gasteiger partial charge in [0.15, 0.2) is 0 Å². The SMILES string of the molecule is Cc1nc(-c2ccccc2)c(C(=O)N2CCN(Cc3ccc4c(c3)CCO4)CC2)s1. The third-order valence-electron chi connectivity index (χ3n) is 5.80. The summed E-state index contributed by atoms with van der Waals surface area (Å²) in [7, 11) is 0. The number of hydrogen-bond donors (Lipinski definition) is 0. The van der Waals surface area contributed by atoms with Crippen molar-refractivity contribution in [1.82, 2.24) is 14.8 Å². The highest BCUT2D eigenvalue weighted by atomic mass is 32.1. The first-order valence-electron chi connectivity index (χ1n) is 10.5. The topological polar surface area (TPSA) is 45.7 Å². The maximum atomic E-state index is 13.3. The van der Waals surface area contributed by atoms with E-state index in [2.05, 4.69) is 28.1 Å². The molecular weight excluding hydrogens is 394 g/mol. The van der Waals surface area contributed by atoms with E-state index >= 15 is 0 Å². The van der Waals surface area contributed by atoms with Gasteiger partial charge >= 0.3 is 0 Å². The Morgan fingerprint density at radius 1 is 1.10 bits per heavy atom. The van der Waals surface area contributed by atoms with Crippen LogP contribution < -0.4 is 4.74 Å². The number of nitrogens with zero attached hydrogens (tertiary/aromatic N) is 3.